The van der Waals surface area contributed by atoms with Crippen LogP contribution in [0.2, 0.25) is 5.02 Å². The summed E-state index contributed by atoms with van der Waals surface area (Å²) in [5.41, 5.74) is 1.86. The van der Waals surface area contributed by atoms with Crippen molar-refractivity contribution >= 4 is 40.2 Å². The molecule has 2 aromatic carbocycles. The molecule has 1 saturated heterocycles. The highest BCUT2D eigenvalue weighted by atomic mass is 35.5. The summed E-state index contributed by atoms with van der Waals surface area (Å²) in [6, 6.07) is 9.20. The number of piperidine rings is 1. The van der Waals surface area contributed by atoms with Gasteiger partial charge in [-0.25, -0.2) is 8.78 Å². The van der Waals surface area contributed by atoms with Crippen molar-refractivity contribution in [2.24, 2.45) is 11.8 Å². The lowest BCUT2D eigenvalue weighted by Gasteiger charge is -2.36. The lowest BCUT2D eigenvalue weighted by molar-refractivity contribution is -0.146. The Labute approximate surface area is 218 Å². The van der Waals surface area contributed by atoms with Crippen LogP contribution in [0.4, 0.5) is 8.78 Å². The Kier molecular flexibility index (Phi) is 9.04. The third-order valence-electron chi connectivity index (χ3n) is 6.81. The van der Waals surface area contributed by atoms with Crippen LogP contribution in [-0.4, -0.2) is 53.5 Å². The quantitative estimate of drug-likeness (QED) is 0.307. The van der Waals surface area contributed by atoms with E-state index in [1.54, 1.807) is 13.3 Å². The number of fused-ring (bicyclic) bond motifs is 1. The SMILES string of the molecule is COc1ccc2ncc(Cl)c(CCC[C@H]3CCN(CCSc4cc(F)cc(F)c4)C[C@H]3C(=O)O)c2c1. The number of aliphatic carboxylic acids is 1. The van der Waals surface area contributed by atoms with Crippen molar-refractivity contribution in [2.45, 2.75) is 30.6 Å². The Morgan fingerprint density at radius 1 is 1.25 bits per heavy atom. The van der Waals surface area contributed by atoms with Gasteiger partial charge >= 0.3 is 5.97 Å². The summed E-state index contributed by atoms with van der Waals surface area (Å²) in [5.74, 6) is -0.940. The molecule has 2 heterocycles. The van der Waals surface area contributed by atoms with Crippen LogP contribution >= 0.6 is 23.4 Å². The molecule has 2 atom stereocenters. The summed E-state index contributed by atoms with van der Waals surface area (Å²) in [6.07, 6.45) is 4.82. The normalized spacial score (nSPS) is 18.4. The number of likely N-dealkylation sites (tertiary alicyclic amines) is 1. The maximum atomic E-state index is 13.4. The van der Waals surface area contributed by atoms with Gasteiger partial charge in [0.25, 0.3) is 0 Å². The fraction of sp³-hybridized carbons (Fsp3) is 0.407. The van der Waals surface area contributed by atoms with Gasteiger partial charge in [-0.15, -0.1) is 11.8 Å². The monoisotopic (exact) mass is 534 g/mol. The number of carbonyl (C=O) groups is 1. The first kappa shape index (κ1) is 26.6. The van der Waals surface area contributed by atoms with Crippen molar-refractivity contribution in [3.8, 4) is 5.75 Å². The van der Waals surface area contributed by atoms with Crippen molar-refractivity contribution in [3.63, 3.8) is 0 Å². The number of pyridine rings is 1. The van der Waals surface area contributed by atoms with E-state index in [1.165, 1.54) is 23.9 Å². The summed E-state index contributed by atoms with van der Waals surface area (Å²) in [4.78, 5) is 19.1. The van der Waals surface area contributed by atoms with Crippen LogP contribution in [0.1, 0.15) is 24.8 Å². The zero-order valence-corrected chi connectivity index (χ0v) is 21.6. The van der Waals surface area contributed by atoms with E-state index in [9.17, 15) is 18.7 Å². The summed E-state index contributed by atoms with van der Waals surface area (Å²) in [5, 5.41) is 11.5. The van der Waals surface area contributed by atoms with Crippen molar-refractivity contribution < 1.29 is 23.4 Å². The molecule has 192 valence electrons. The number of hydrogen-bond acceptors (Lipinski definition) is 5. The first-order chi connectivity index (χ1) is 17.3. The molecule has 1 aliphatic heterocycles. The first-order valence-corrected chi connectivity index (χ1v) is 13.4. The van der Waals surface area contributed by atoms with Crippen LogP contribution in [0, 0.1) is 23.5 Å². The summed E-state index contributed by atoms with van der Waals surface area (Å²) in [6.45, 7) is 1.95. The Bertz CT molecular complexity index is 1210. The van der Waals surface area contributed by atoms with E-state index in [0.29, 0.717) is 28.8 Å². The minimum absolute atomic E-state index is 0.0881. The number of carboxylic acid groups (broad SMARTS) is 1. The third-order valence-corrected chi connectivity index (χ3v) is 8.09. The Balaban J connectivity index is 1.32. The molecule has 0 amide bonds. The van der Waals surface area contributed by atoms with Gasteiger partial charge in [0, 0.05) is 41.4 Å². The molecule has 4 rings (SSSR count). The van der Waals surface area contributed by atoms with Crippen molar-refractivity contribution in [1.82, 2.24) is 9.88 Å². The topological polar surface area (TPSA) is 62.7 Å². The minimum atomic E-state index is -0.776. The number of ether oxygens (including phenoxy) is 1. The Morgan fingerprint density at radius 3 is 2.75 bits per heavy atom. The third kappa shape index (κ3) is 6.66. The Hall–Kier alpha value is -2.42. The number of benzene rings is 2. The Morgan fingerprint density at radius 2 is 2.03 bits per heavy atom. The number of aromatic nitrogens is 1. The number of nitrogens with zero attached hydrogens (tertiary/aromatic N) is 2. The van der Waals surface area contributed by atoms with Gasteiger partial charge in [-0.2, -0.15) is 0 Å². The van der Waals surface area contributed by atoms with Gasteiger partial charge in [0.05, 0.1) is 23.6 Å². The number of thioether (sulfide) groups is 1. The minimum Gasteiger partial charge on any atom is -0.497 e. The predicted octanol–water partition coefficient (Wildman–Crippen LogP) is 6.31. The summed E-state index contributed by atoms with van der Waals surface area (Å²) < 4.78 is 32.1. The molecule has 1 aromatic heterocycles. The van der Waals surface area contributed by atoms with Gasteiger partial charge in [-0.05, 0) is 74.0 Å². The number of carboxylic acids is 1. The zero-order valence-electron chi connectivity index (χ0n) is 20.1. The second-order valence-electron chi connectivity index (χ2n) is 9.11. The average Bonchev–Trinajstić information content (AvgIpc) is 2.85. The van der Waals surface area contributed by atoms with E-state index in [4.69, 9.17) is 16.3 Å². The van der Waals surface area contributed by atoms with Crippen LogP contribution in [0.15, 0.2) is 47.5 Å². The van der Waals surface area contributed by atoms with Crippen LogP contribution < -0.4 is 4.74 Å². The second-order valence-corrected chi connectivity index (χ2v) is 10.7. The van der Waals surface area contributed by atoms with Crippen LogP contribution in [0.3, 0.4) is 0 Å². The standard InChI is InChI=1S/C27H29ClF2N2O3S/c1-35-20-5-6-26-23(14-20)22(25(28)15-31-26)4-2-3-17-7-8-32(16-24(17)27(33)34)9-10-36-21-12-18(29)11-19(30)13-21/h5-6,11-15,17,24H,2-4,7-10,16H2,1H3,(H,33,34)/t17-,24+/m0/s1. The van der Waals surface area contributed by atoms with Crippen LogP contribution in [0.25, 0.3) is 10.9 Å². The summed E-state index contributed by atoms with van der Waals surface area (Å²) >= 11 is 7.85. The molecule has 0 saturated carbocycles. The average molecular weight is 535 g/mol. The highest BCUT2D eigenvalue weighted by Gasteiger charge is 2.33. The highest BCUT2D eigenvalue weighted by Crippen LogP contribution is 2.32. The molecule has 36 heavy (non-hydrogen) atoms. The first-order valence-electron chi connectivity index (χ1n) is 12.0. The van der Waals surface area contributed by atoms with Gasteiger partial charge in [-0.1, -0.05) is 11.6 Å². The van der Waals surface area contributed by atoms with E-state index < -0.39 is 23.5 Å². The van der Waals surface area contributed by atoms with E-state index in [2.05, 4.69) is 9.88 Å². The molecule has 0 spiro atoms. The lowest BCUT2D eigenvalue weighted by atomic mass is 9.81. The molecular formula is C27H29ClF2N2O3S. The molecule has 3 aromatic rings. The van der Waals surface area contributed by atoms with Gasteiger partial charge in [0.1, 0.15) is 17.4 Å². The second kappa shape index (κ2) is 12.2. The largest absolute Gasteiger partial charge is 0.497 e. The number of halogens is 3. The highest BCUT2D eigenvalue weighted by molar-refractivity contribution is 7.99. The van der Waals surface area contributed by atoms with Gasteiger partial charge < -0.3 is 14.7 Å². The number of hydrogen-bond donors (Lipinski definition) is 1. The van der Waals surface area contributed by atoms with E-state index in [-0.39, 0.29) is 5.92 Å². The van der Waals surface area contributed by atoms with Crippen molar-refractivity contribution in [2.75, 3.05) is 32.5 Å². The van der Waals surface area contributed by atoms with E-state index >= 15 is 0 Å². The predicted molar refractivity (Wildman–Crippen MR) is 139 cm³/mol. The van der Waals surface area contributed by atoms with Gasteiger partial charge in [0.15, 0.2) is 0 Å². The van der Waals surface area contributed by atoms with E-state index in [0.717, 1.165) is 60.5 Å². The number of aryl methyl sites for hydroxylation is 1. The van der Waals surface area contributed by atoms with Crippen molar-refractivity contribution in [3.05, 3.63) is 64.8 Å². The van der Waals surface area contributed by atoms with E-state index in [1.807, 2.05) is 18.2 Å². The molecule has 5 nitrogen and oxygen atoms in total. The molecule has 0 bridgehead atoms. The molecule has 9 heteroatoms. The number of methoxy groups -OCH3 is 1. The van der Waals surface area contributed by atoms with Crippen LogP contribution in [-0.2, 0) is 11.2 Å². The number of rotatable bonds is 10. The molecule has 1 aliphatic rings. The fourth-order valence-electron chi connectivity index (χ4n) is 4.93. The van der Waals surface area contributed by atoms with Crippen LogP contribution in [0.5, 0.6) is 5.75 Å². The summed E-state index contributed by atoms with van der Waals surface area (Å²) in [7, 11) is 1.62. The molecule has 0 radical (unpaired) electrons. The molecule has 1 N–H and O–H groups in total. The van der Waals surface area contributed by atoms with Gasteiger partial charge in [-0.3, -0.25) is 9.78 Å². The lowest BCUT2D eigenvalue weighted by Crippen LogP contribution is -2.44. The molecule has 0 aliphatic carbocycles. The van der Waals surface area contributed by atoms with Gasteiger partial charge in [0.2, 0.25) is 0 Å². The zero-order chi connectivity index (χ0) is 25.7. The maximum Gasteiger partial charge on any atom is 0.308 e. The fourth-order valence-corrected chi connectivity index (χ4v) is 6.15. The molecule has 0 unspecified atom stereocenters. The molecular weight excluding hydrogens is 506 g/mol. The molecule has 1 fully saturated rings. The van der Waals surface area contributed by atoms with Crippen molar-refractivity contribution in [1.29, 1.82) is 0 Å². The smallest absolute Gasteiger partial charge is 0.308 e. The maximum absolute atomic E-state index is 13.4.